The number of ether oxygens (including phenoxy) is 3. The van der Waals surface area contributed by atoms with Crippen molar-refractivity contribution >= 4 is 23.8 Å². The standard InChI is InChI=1S/C18H31NO7/c1-7-15(20)24-12(4)10-19(11-13(5)25-16(21)8-2)18(23)14(6)26-17(22)9-3/h12-14H,7-11H2,1-6H3. The van der Waals surface area contributed by atoms with Crippen LogP contribution < -0.4 is 0 Å². The summed E-state index contributed by atoms with van der Waals surface area (Å²) in [6, 6.07) is 0. The van der Waals surface area contributed by atoms with E-state index in [1.54, 1.807) is 34.6 Å². The molecule has 0 saturated carbocycles. The van der Waals surface area contributed by atoms with E-state index < -0.39 is 30.2 Å². The van der Waals surface area contributed by atoms with Gasteiger partial charge in [0.15, 0.2) is 6.10 Å². The van der Waals surface area contributed by atoms with E-state index in [9.17, 15) is 19.2 Å². The summed E-state index contributed by atoms with van der Waals surface area (Å²) in [5.41, 5.74) is 0. The van der Waals surface area contributed by atoms with Gasteiger partial charge in [0.05, 0.1) is 13.1 Å². The van der Waals surface area contributed by atoms with E-state index in [0.717, 1.165) is 0 Å². The van der Waals surface area contributed by atoms with Gasteiger partial charge in [0.1, 0.15) is 12.2 Å². The fraction of sp³-hybridized carbons (Fsp3) is 0.778. The van der Waals surface area contributed by atoms with Gasteiger partial charge in [-0.1, -0.05) is 20.8 Å². The molecule has 0 aromatic heterocycles. The van der Waals surface area contributed by atoms with Crippen LogP contribution in [0.3, 0.4) is 0 Å². The zero-order chi connectivity index (χ0) is 20.3. The molecule has 0 aromatic carbocycles. The van der Waals surface area contributed by atoms with Gasteiger partial charge in [-0.05, 0) is 20.8 Å². The van der Waals surface area contributed by atoms with Crippen LogP contribution in [0.2, 0.25) is 0 Å². The van der Waals surface area contributed by atoms with E-state index in [1.807, 2.05) is 0 Å². The highest BCUT2D eigenvalue weighted by atomic mass is 16.6. The maximum absolute atomic E-state index is 12.6. The zero-order valence-corrected chi connectivity index (χ0v) is 16.6. The molecule has 26 heavy (non-hydrogen) atoms. The van der Waals surface area contributed by atoms with Crippen molar-refractivity contribution in [3.05, 3.63) is 0 Å². The average molecular weight is 373 g/mol. The number of esters is 3. The molecule has 0 aliphatic rings. The molecule has 150 valence electrons. The predicted octanol–water partition coefficient (Wildman–Crippen LogP) is 1.84. The Balaban J connectivity index is 5.06. The van der Waals surface area contributed by atoms with Gasteiger partial charge < -0.3 is 19.1 Å². The van der Waals surface area contributed by atoms with Crippen molar-refractivity contribution in [1.29, 1.82) is 0 Å². The summed E-state index contributed by atoms with van der Waals surface area (Å²) in [6.45, 7) is 10.0. The van der Waals surface area contributed by atoms with E-state index in [1.165, 1.54) is 11.8 Å². The first kappa shape index (κ1) is 23.9. The van der Waals surface area contributed by atoms with Crippen LogP contribution in [-0.2, 0) is 33.4 Å². The normalized spacial score (nSPS) is 13.9. The molecule has 0 fully saturated rings. The van der Waals surface area contributed by atoms with E-state index in [-0.39, 0.29) is 44.3 Å². The van der Waals surface area contributed by atoms with Gasteiger partial charge in [0.25, 0.3) is 5.91 Å². The highest BCUT2D eigenvalue weighted by Crippen LogP contribution is 2.08. The number of hydrogen-bond acceptors (Lipinski definition) is 7. The van der Waals surface area contributed by atoms with Gasteiger partial charge in [0, 0.05) is 19.3 Å². The van der Waals surface area contributed by atoms with Gasteiger partial charge in [-0.3, -0.25) is 19.2 Å². The molecule has 8 nitrogen and oxygen atoms in total. The van der Waals surface area contributed by atoms with Crippen LogP contribution in [0, 0.1) is 0 Å². The molecule has 0 radical (unpaired) electrons. The van der Waals surface area contributed by atoms with Gasteiger partial charge in [0.2, 0.25) is 0 Å². The SMILES string of the molecule is CCC(=O)OC(C)CN(CC(C)OC(=O)CC)C(=O)C(C)OC(=O)CC. The van der Waals surface area contributed by atoms with Crippen molar-refractivity contribution in [2.24, 2.45) is 0 Å². The van der Waals surface area contributed by atoms with Crippen molar-refractivity contribution < 1.29 is 33.4 Å². The first-order valence-electron chi connectivity index (χ1n) is 9.01. The summed E-state index contributed by atoms with van der Waals surface area (Å²) in [4.78, 5) is 48.3. The first-order chi connectivity index (χ1) is 12.1. The van der Waals surface area contributed by atoms with E-state index in [2.05, 4.69) is 0 Å². The molecule has 0 N–H and O–H groups in total. The molecule has 0 saturated heterocycles. The topological polar surface area (TPSA) is 99.2 Å². The number of amides is 1. The summed E-state index contributed by atoms with van der Waals surface area (Å²) in [6.07, 6.45) is -1.46. The Bertz CT molecular complexity index is 466. The van der Waals surface area contributed by atoms with E-state index in [0.29, 0.717) is 0 Å². The van der Waals surface area contributed by atoms with E-state index in [4.69, 9.17) is 14.2 Å². The molecule has 0 aliphatic carbocycles. The Kier molecular flexibility index (Phi) is 11.3. The van der Waals surface area contributed by atoms with Crippen molar-refractivity contribution in [2.45, 2.75) is 79.1 Å². The maximum atomic E-state index is 12.6. The Morgan fingerprint density at radius 3 is 1.38 bits per heavy atom. The number of rotatable bonds is 11. The lowest BCUT2D eigenvalue weighted by atomic mass is 10.2. The monoisotopic (exact) mass is 373 g/mol. The number of nitrogens with zero attached hydrogens (tertiary/aromatic N) is 1. The molecule has 0 heterocycles. The Morgan fingerprint density at radius 2 is 1.04 bits per heavy atom. The van der Waals surface area contributed by atoms with Crippen LogP contribution >= 0.6 is 0 Å². The summed E-state index contributed by atoms with van der Waals surface area (Å²) < 4.78 is 15.5. The third-order valence-corrected chi connectivity index (χ3v) is 3.45. The second-order valence-electron chi connectivity index (χ2n) is 6.04. The predicted molar refractivity (Wildman–Crippen MR) is 94.1 cm³/mol. The summed E-state index contributed by atoms with van der Waals surface area (Å²) in [7, 11) is 0. The Labute approximate surface area is 155 Å². The second-order valence-corrected chi connectivity index (χ2v) is 6.04. The van der Waals surface area contributed by atoms with Gasteiger partial charge in [-0.15, -0.1) is 0 Å². The smallest absolute Gasteiger partial charge is 0.306 e. The molecule has 1 amide bonds. The molecule has 0 spiro atoms. The molecule has 3 atom stereocenters. The second kappa shape index (κ2) is 12.3. The van der Waals surface area contributed by atoms with E-state index >= 15 is 0 Å². The molecule has 0 rings (SSSR count). The number of carbonyl (C=O) groups excluding carboxylic acids is 4. The van der Waals surface area contributed by atoms with Crippen molar-refractivity contribution in [1.82, 2.24) is 4.90 Å². The van der Waals surface area contributed by atoms with Crippen LogP contribution in [0.1, 0.15) is 60.8 Å². The molecule has 0 bridgehead atoms. The van der Waals surface area contributed by atoms with Crippen LogP contribution in [0.25, 0.3) is 0 Å². The third-order valence-electron chi connectivity index (χ3n) is 3.45. The third kappa shape index (κ3) is 9.39. The highest BCUT2D eigenvalue weighted by Gasteiger charge is 2.27. The van der Waals surface area contributed by atoms with Crippen molar-refractivity contribution in [2.75, 3.05) is 13.1 Å². The molecule has 0 aromatic rings. The number of hydrogen-bond donors (Lipinski definition) is 0. The van der Waals surface area contributed by atoms with Crippen LogP contribution in [0.4, 0.5) is 0 Å². The van der Waals surface area contributed by atoms with Crippen LogP contribution in [0.5, 0.6) is 0 Å². The Hall–Kier alpha value is -2.12. The molecule has 0 aliphatic heterocycles. The molecule has 8 heteroatoms. The minimum absolute atomic E-state index is 0.104. The average Bonchev–Trinajstić information content (AvgIpc) is 2.59. The molecular weight excluding hydrogens is 342 g/mol. The zero-order valence-electron chi connectivity index (χ0n) is 16.6. The fourth-order valence-corrected chi connectivity index (χ4v) is 2.15. The van der Waals surface area contributed by atoms with Crippen LogP contribution in [-0.4, -0.2) is 60.1 Å². The summed E-state index contributed by atoms with van der Waals surface area (Å²) in [5.74, 6) is -1.67. The Morgan fingerprint density at radius 1 is 0.692 bits per heavy atom. The lowest BCUT2D eigenvalue weighted by Crippen LogP contribution is -2.47. The highest BCUT2D eigenvalue weighted by molar-refractivity contribution is 5.83. The van der Waals surface area contributed by atoms with Gasteiger partial charge in [-0.2, -0.15) is 0 Å². The van der Waals surface area contributed by atoms with Crippen molar-refractivity contribution in [3.8, 4) is 0 Å². The first-order valence-corrected chi connectivity index (χ1v) is 9.01. The fourth-order valence-electron chi connectivity index (χ4n) is 2.15. The minimum atomic E-state index is -0.981. The maximum Gasteiger partial charge on any atom is 0.306 e. The minimum Gasteiger partial charge on any atom is -0.461 e. The van der Waals surface area contributed by atoms with Gasteiger partial charge in [-0.25, -0.2) is 0 Å². The van der Waals surface area contributed by atoms with Gasteiger partial charge >= 0.3 is 17.9 Å². The number of carbonyl (C=O) groups is 4. The lowest BCUT2D eigenvalue weighted by Gasteiger charge is -2.30. The molecular formula is C18H31NO7. The van der Waals surface area contributed by atoms with Crippen molar-refractivity contribution in [3.63, 3.8) is 0 Å². The quantitative estimate of drug-likeness (QED) is 0.402. The van der Waals surface area contributed by atoms with Crippen LogP contribution in [0.15, 0.2) is 0 Å². The lowest BCUT2D eigenvalue weighted by molar-refractivity contribution is -0.162. The largest absolute Gasteiger partial charge is 0.461 e. The molecule has 3 unspecified atom stereocenters. The summed E-state index contributed by atoms with van der Waals surface area (Å²) >= 11 is 0. The summed E-state index contributed by atoms with van der Waals surface area (Å²) in [5, 5.41) is 0.